The van der Waals surface area contributed by atoms with Gasteiger partial charge < -0.3 is 14.7 Å². The highest BCUT2D eigenvalue weighted by Gasteiger charge is 2.29. The third-order valence-corrected chi connectivity index (χ3v) is 6.25. The van der Waals surface area contributed by atoms with Gasteiger partial charge in [-0.25, -0.2) is 4.39 Å². The summed E-state index contributed by atoms with van der Waals surface area (Å²) in [6.45, 7) is 2.93. The molecule has 31 heavy (non-hydrogen) atoms. The number of hydrogen-bond donors (Lipinski definition) is 0. The molecule has 5 nitrogen and oxygen atoms in total. The van der Waals surface area contributed by atoms with Crippen molar-refractivity contribution in [2.45, 2.75) is 12.8 Å². The number of anilines is 2. The molecular formula is C25H24FN3O2. The van der Waals surface area contributed by atoms with Gasteiger partial charge in [0, 0.05) is 50.1 Å². The summed E-state index contributed by atoms with van der Waals surface area (Å²) in [6, 6.07) is 18.5. The molecule has 0 radical (unpaired) electrons. The zero-order chi connectivity index (χ0) is 21.4. The molecule has 1 fully saturated rings. The van der Waals surface area contributed by atoms with E-state index in [9.17, 15) is 14.0 Å². The predicted molar refractivity (Wildman–Crippen MR) is 120 cm³/mol. The first-order valence-electron chi connectivity index (χ1n) is 10.7. The quantitative estimate of drug-likeness (QED) is 0.629. The number of hydrogen-bond acceptors (Lipinski definition) is 3. The molecule has 5 rings (SSSR count). The van der Waals surface area contributed by atoms with Crippen LogP contribution in [0.2, 0.25) is 0 Å². The maximum Gasteiger partial charge on any atom is 0.258 e. The number of amides is 2. The molecule has 3 aromatic rings. The third-order valence-electron chi connectivity index (χ3n) is 6.25. The van der Waals surface area contributed by atoms with Crippen LogP contribution in [0.15, 0.2) is 60.7 Å². The summed E-state index contributed by atoms with van der Waals surface area (Å²) < 4.78 is 14.0. The monoisotopic (exact) mass is 417 g/mol. The summed E-state index contributed by atoms with van der Waals surface area (Å²) in [6.07, 6.45) is 1.01. The van der Waals surface area contributed by atoms with Crippen LogP contribution >= 0.6 is 0 Å². The number of carbonyl (C=O) groups is 2. The minimum atomic E-state index is -0.228. The second-order valence-corrected chi connectivity index (χ2v) is 8.06. The van der Waals surface area contributed by atoms with E-state index >= 15 is 0 Å². The van der Waals surface area contributed by atoms with Gasteiger partial charge in [0.05, 0.1) is 11.4 Å². The molecule has 6 heteroatoms. The fourth-order valence-corrected chi connectivity index (χ4v) is 4.65. The van der Waals surface area contributed by atoms with Gasteiger partial charge in [-0.3, -0.25) is 9.59 Å². The SMILES string of the molecule is O=C(CCCN1C(=O)c2cccc3cccc1c23)N1CCN(c2ccccc2F)CC1. The highest BCUT2D eigenvalue weighted by molar-refractivity contribution is 6.25. The van der Waals surface area contributed by atoms with Gasteiger partial charge in [0.2, 0.25) is 5.91 Å². The Labute approximate surface area is 180 Å². The summed E-state index contributed by atoms with van der Waals surface area (Å²) in [7, 11) is 0. The van der Waals surface area contributed by atoms with Crippen molar-refractivity contribution in [1.29, 1.82) is 0 Å². The van der Waals surface area contributed by atoms with Gasteiger partial charge in [-0.05, 0) is 36.1 Å². The maximum atomic E-state index is 14.0. The molecule has 0 aromatic heterocycles. The van der Waals surface area contributed by atoms with Crippen molar-refractivity contribution in [3.05, 3.63) is 72.0 Å². The average Bonchev–Trinajstić information content (AvgIpc) is 3.07. The van der Waals surface area contributed by atoms with Crippen molar-refractivity contribution in [2.75, 3.05) is 42.5 Å². The van der Waals surface area contributed by atoms with Crippen LogP contribution in [0.25, 0.3) is 10.8 Å². The van der Waals surface area contributed by atoms with Gasteiger partial charge in [-0.1, -0.05) is 36.4 Å². The molecule has 0 spiro atoms. The van der Waals surface area contributed by atoms with E-state index < -0.39 is 0 Å². The molecule has 0 atom stereocenters. The lowest BCUT2D eigenvalue weighted by Gasteiger charge is -2.36. The molecule has 1 saturated heterocycles. The summed E-state index contributed by atoms with van der Waals surface area (Å²) in [5.41, 5.74) is 2.27. The van der Waals surface area contributed by atoms with E-state index in [1.807, 2.05) is 52.3 Å². The first-order valence-corrected chi connectivity index (χ1v) is 10.7. The standard InChI is InChI=1S/C25H24FN3O2/c26-20-9-1-2-10-21(20)27-14-16-28(17-15-27)23(30)12-5-13-29-22-11-4-7-18-6-3-8-19(24(18)22)25(29)31/h1-4,6-11H,5,12-17H2. The fourth-order valence-electron chi connectivity index (χ4n) is 4.65. The Kier molecular flexibility index (Phi) is 5.06. The summed E-state index contributed by atoms with van der Waals surface area (Å²) >= 11 is 0. The van der Waals surface area contributed by atoms with E-state index in [0.29, 0.717) is 51.3 Å². The lowest BCUT2D eigenvalue weighted by Crippen LogP contribution is -2.49. The Morgan fingerprint density at radius 1 is 0.871 bits per heavy atom. The zero-order valence-electron chi connectivity index (χ0n) is 17.3. The molecule has 0 N–H and O–H groups in total. The number of halogens is 1. The van der Waals surface area contributed by atoms with Crippen LogP contribution in [0.1, 0.15) is 23.2 Å². The summed E-state index contributed by atoms with van der Waals surface area (Å²) in [5.74, 6) is -0.123. The van der Waals surface area contributed by atoms with Crippen LogP contribution in [0.3, 0.4) is 0 Å². The molecule has 2 aliphatic rings. The normalized spacial score (nSPS) is 15.8. The van der Waals surface area contributed by atoms with Crippen molar-refractivity contribution in [2.24, 2.45) is 0 Å². The molecular weight excluding hydrogens is 393 g/mol. The van der Waals surface area contributed by atoms with E-state index in [-0.39, 0.29) is 17.6 Å². The van der Waals surface area contributed by atoms with Gasteiger partial charge >= 0.3 is 0 Å². The number of benzene rings is 3. The van der Waals surface area contributed by atoms with E-state index in [2.05, 4.69) is 0 Å². The molecule has 3 aromatic carbocycles. The summed E-state index contributed by atoms with van der Waals surface area (Å²) in [5, 5.41) is 2.07. The first-order chi connectivity index (χ1) is 15.1. The number of para-hydroxylation sites is 1. The molecule has 0 aliphatic carbocycles. The maximum absolute atomic E-state index is 14.0. The molecule has 0 bridgehead atoms. The third kappa shape index (κ3) is 3.52. The second kappa shape index (κ2) is 8.02. The van der Waals surface area contributed by atoms with Crippen LogP contribution in [-0.2, 0) is 4.79 Å². The number of carbonyl (C=O) groups excluding carboxylic acids is 2. The van der Waals surface area contributed by atoms with Crippen LogP contribution < -0.4 is 9.80 Å². The Hall–Kier alpha value is -3.41. The highest BCUT2D eigenvalue weighted by Crippen LogP contribution is 2.37. The second-order valence-electron chi connectivity index (χ2n) is 8.06. The van der Waals surface area contributed by atoms with Crippen LogP contribution in [0.4, 0.5) is 15.8 Å². The van der Waals surface area contributed by atoms with Gasteiger partial charge in [-0.15, -0.1) is 0 Å². The van der Waals surface area contributed by atoms with Crippen molar-refractivity contribution >= 4 is 34.0 Å². The molecule has 2 amide bonds. The molecule has 158 valence electrons. The largest absolute Gasteiger partial charge is 0.366 e. The Bertz CT molecular complexity index is 1150. The van der Waals surface area contributed by atoms with Crippen molar-refractivity contribution < 1.29 is 14.0 Å². The van der Waals surface area contributed by atoms with E-state index in [4.69, 9.17) is 0 Å². The van der Waals surface area contributed by atoms with Gasteiger partial charge in [0.25, 0.3) is 5.91 Å². The Balaban J connectivity index is 1.16. The van der Waals surface area contributed by atoms with Crippen molar-refractivity contribution in [3.8, 4) is 0 Å². The van der Waals surface area contributed by atoms with Gasteiger partial charge in [-0.2, -0.15) is 0 Å². The fraction of sp³-hybridized carbons (Fsp3) is 0.280. The average molecular weight is 417 g/mol. The smallest absolute Gasteiger partial charge is 0.258 e. The lowest BCUT2D eigenvalue weighted by atomic mass is 10.1. The molecule has 0 unspecified atom stereocenters. The Morgan fingerprint density at radius 2 is 1.58 bits per heavy atom. The minimum absolute atomic E-state index is 0.0118. The van der Waals surface area contributed by atoms with E-state index in [1.165, 1.54) is 6.07 Å². The highest BCUT2D eigenvalue weighted by atomic mass is 19.1. The number of piperazine rings is 1. The predicted octanol–water partition coefficient (Wildman–Crippen LogP) is 4.07. The topological polar surface area (TPSA) is 43.9 Å². The van der Waals surface area contributed by atoms with Crippen LogP contribution in [0, 0.1) is 5.82 Å². The summed E-state index contributed by atoms with van der Waals surface area (Å²) in [4.78, 5) is 31.2. The van der Waals surface area contributed by atoms with Crippen LogP contribution in [-0.4, -0.2) is 49.4 Å². The zero-order valence-corrected chi connectivity index (χ0v) is 17.3. The number of nitrogens with zero attached hydrogens (tertiary/aromatic N) is 3. The van der Waals surface area contributed by atoms with Crippen LogP contribution in [0.5, 0.6) is 0 Å². The molecule has 0 saturated carbocycles. The minimum Gasteiger partial charge on any atom is -0.366 e. The van der Waals surface area contributed by atoms with Gasteiger partial charge in [0.1, 0.15) is 5.82 Å². The first kappa shape index (κ1) is 19.5. The molecule has 2 aliphatic heterocycles. The van der Waals surface area contributed by atoms with E-state index in [1.54, 1.807) is 17.0 Å². The number of rotatable bonds is 5. The molecule has 2 heterocycles. The van der Waals surface area contributed by atoms with Crippen molar-refractivity contribution in [3.63, 3.8) is 0 Å². The van der Waals surface area contributed by atoms with Gasteiger partial charge in [0.15, 0.2) is 0 Å². The Morgan fingerprint density at radius 3 is 2.35 bits per heavy atom. The van der Waals surface area contributed by atoms with E-state index in [0.717, 1.165) is 22.0 Å². The lowest BCUT2D eigenvalue weighted by molar-refractivity contribution is -0.131. The van der Waals surface area contributed by atoms with Crippen molar-refractivity contribution in [1.82, 2.24) is 4.90 Å².